The van der Waals surface area contributed by atoms with Crippen LogP contribution in [0.3, 0.4) is 0 Å². The number of aromatic nitrogens is 1. The van der Waals surface area contributed by atoms with Gasteiger partial charge in [0.15, 0.2) is 11.5 Å². The third-order valence-electron chi connectivity index (χ3n) is 6.62. The van der Waals surface area contributed by atoms with Gasteiger partial charge in [0.2, 0.25) is 5.91 Å². The van der Waals surface area contributed by atoms with Crippen molar-refractivity contribution < 1.29 is 23.8 Å². The molecule has 7 heteroatoms. The Bertz CT molecular complexity index is 1280. The van der Waals surface area contributed by atoms with E-state index in [2.05, 4.69) is 37.0 Å². The Morgan fingerprint density at radius 3 is 2.39 bits per heavy atom. The van der Waals surface area contributed by atoms with Crippen molar-refractivity contribution in [3.05, 3.63) is 47.5 Å². The molecule has 4 rings (SSSR count). The molecule has 1 atom stereocenters. The van der Waals surface area contributed by atoms with E-state index in [0.29, 0.717) is 24.5 Å². The molecular formula is C29H36N2O5. The fourth-order valence-corrected chi connectivity index (χ4v) is 4.93. The van der Waals surface area contributed by atoms with Crippen molar-refractivity contribution in [1.29, 1.82) is 0 Å². The Labute approximate surface area is 212 Å². The minimum atomic E-state index is -0.633. The van der Waals surface area contributed by atoms with Crippen LogP contribution in [0.2, 0.25) is 0 Å². The number of imide groups is 1. The molecule has 36 heavy (non-hydrogen) atoms. The summed E-state index contributed by atoms with van der Waals surface area (Å²) >= 11 is 0. The third-order valence-corrected chi connectivity index (χ3v) is 6.62. The van der Waals surface area contributed by atoms with E-state index in [1.54, 1.807) is 35.0 Å². The lowest BCUT2D eigenvalue weighted by Crippen LogP contribution is -2.44. The number of piperidine rings is 1. The minimum Gasteiger partial charge on any atom is -0.493 e. The zero-order chi connectivity index (χ0) is 26.2. The maximum absolute atomic E-state index is 12.8. The van der Waals surface area contributed by atoms with Crippen LogP contribution in [-0.4, -0.2) is 48.2 Å². The molecule has 1 saturated heterocycles. The number of H-pyrrole nitrogens is 1. The SMILES string of the molecule is COc1ccc(-c2[nH]c3ccc(C4CCN(C(=O)OC(C)(C)C)C(=O)C4)cc3c2C(C)C)cc1OC. The van der Waals surface area contributed by atoms with Crippen molar-refractivity contribution in [2.24, 2.45) is 0 Å². The highest BCUT2D eigenvalue weighted by Gasteiger charge is 2.33. The van der Waals surface area contributed by atoms with Crippen LogP contribution in [0.1, 0.15) is 70.4 Å². The van der Waals surface area contributed by atoms with Gasteiger partial charge in [-0.1, -0.05) is 19.9 Å². The van der Waals surface area contributed by atoms with Gasteiger partial charge in [0, 0.05) is 29.4 Å². The Kier molecular flexibility index (Phi) is 7.03. The normalized spacial score (nSPS) is 16.5. The van der Waals surface area contributed by atoms with Crippen molar-refractivity contribution in [1.82, 2.24) is 9.88 Å². The Balaban J connectivity index is 1.65. The van der Waals surface area contributed by atoms with E-state index in [4.69, 9.17) is 14.2 Å². The van der Waals surface area contributed by atoms with E-state index in [0.717, 1.165) is 27.7 Å². The zero-order valence-corrected chi connectivity index (χ0v) is 22.2. The summed E-state index contributed by atoms with van der Waals surface area (Å²) in [4.78, 5) is 30.1. The summed E-state index contributed by atoms with van der Waals surface area (Å²) in [5.74, 6) is 1.50. The molecule has 1 N–H and O–H groups in total. The number of hydrogen-bond acceptors (Lipinski definition) is 5. The standard InChI is InChI=1S/C29H36N2O5/c1-17(2)26-21-14-18(19-12-13-31(25(32)16-19)28(33)36-29(3,4)5)8-10-22(21)30-27(26)20-9-11-23(34-6)24(15-20)35-7/h8-11,14-15,17,19,30H,12-13,16H2,1-7H3. The van der Waals surface area contributed by atoms with Crippen LogP contribution in [0.25, 0.3) is 22.2 Å². The number of carbonyl (C=O) groups excluding carboxylic acids is 2. The van der Waals surface area contributed by atoms with Crippen molar-refractivity contribution in [3.63, 3.8) is 0 Å². The summed E-state index contributed by atoms with van der Waals surface area (Å²) in [6.07, 6.45) is 0.434. The van der Waals surface area contributed by atoms with Crippen LogP contribution < -0.4 is 9.47 Å². The lowest BCUT2D eigenvalue weighted by molar-refractivity contribution is -0.132. The van der Waals surface area contributed by atoms with Crippen molar-refractivity contribution >= 4 is 22.9 Å². The molecular weight excluding hydrogens is 456 g/mol. The summed E-state index contributed by atoms with van der Waals surface area (Å²) in [6.45, 7) is 10.1. The molecule has 2 amide bonds. The van der Waals surface area contributed by atoms with Gasteiger partial charge < -0.3 is 19.2 Å². The number of benzene rings is 2. The number of hydrogen-bond donors (Lipinski definition) is 1. The average molecular weight is 493 g/mol. The predicted molar refractivity (Wildman–Crippen MR) is 141 cm³/mol. The summed E-state index contributed by atoms with van der Waals surface area (Å²) in [7, 11) is 3.27. The molecule has 0 bridgehead atoms. The molecule has 0 spiro atoms. The van der Waals surface area contributed by atoms with Gasteiger partial charge in [0.25, 0.3) is 0 Å². The van der Waals surface area contributed by atoms with Gasteiger partial charge in [0.1, 0.15) is 5.60 Å². The minimum absolute atomic E-state index is 0.0556. The second-order valence-corrected chi connectivity index (χ2v) is 10.7. The van der Waals surface area contributed by atoms with Crippen molar-refractivity contribution in [2.45, 2.75) is 64.9 Å². The molecule has 2 aromatic carbocycles. The smallest absolute Gasteiger partial charge is 0.417 e. The van der Waals surface area contributed by atoms with Gasteiger partial charge in [-0.2, -0.15) is 0 Å². The van der Waals surface area contributed by atoms with Gasteiger partial charge in [-0.15, -0.1) is 0 Å². The zero-order valence-electron chi connectivity index (χ0n) is 22.2. The molecule has 0 saturated carbocycles. The van der Waals surface area contributed by atoms with Crippen molar-refractivity contribution in [2.75, 3.05) is 20.8 Å². The van der Waals surface area contributed by atoms with Crippen LogP contribution in [0.15, 0.2) is 36.4 Å². The maximum atomic E-state index is 12.8. The summed E-state index contributed by atoms with van der Waals surface area (Å²) in [5, 5.41) is 1.15. The lowest BCUT2D eigenvalue weighted by Gasteiger charge is -2.32. The number of ether oxygens (including phenoxy) is 3. The number of nitrogens with one attached hydrogen (secondary N) is 1. The first kappa shape index (κ1) is 25.6. The molecule has 3 aromatic rings. The Hall–Kier alpha value is -3.48. The Morgan fingerprint density at radius 2 is 1.78 bits per heavy atom. The largest absolute Gasteiger partial charge is 0.493 e. The average Bonchev–Trinajstić information content (AvgIpc) is 3.21. The maximum Gasteiger partial charge on any atom is 0.417 e. The second-order valence-electron chi connectivity index (χ2n) is 10.7. The molecule has 7 nitrogen and oxygen atoms in total. The highest BCUT2D eigenvalue weighted by atomic mass is 16.6. The van der Waals surface area contributed by atoms with E-state index in [1.807, 2.05) is 18.2 Å². The monoisotopic (exact) mass is 492 g/mol. The van der Waals surface area contributed by atoms with E-state index in [1.165, 1.54) is 10.5 Å². The first-order chi connectivity index (χ1) is 17.0. The number of fused-ring (bicyclic) bond motifs is 1. The highest BCUT2D eigenvalue weighted by Crippen LogP contribution is 2.40. The summed E-state index contributed by atoms with van der Waals surface area (Å²) < 4.78 is 16.3. The molecule has 0 aliphatic carbocycles. The van der Waals surface area contributed by atoms with E-state index >= 15 is 0 Å². The number of rotatable bonds is 5. The number of amides is 2. The lowest BCUT2D eigenvalue weighted by atomic mass is 9.87. The molecule has 1 aliphatic heterocycles. The van der Waals surface area contributed by atoms with Crippen LogP contribution >= 0.6 is 0 Å². The molecule has 2 heterocycles. The molecule has 1 fully saturated rings. The topological polar surface area (TPSA) is 80.9 Å². The molecule has 192 valence electrons. The quantitative estimate of drug-likeness (QED) is 0.433. The predicted octanol–water partition coefficient (Wildman–Crippen LogP) is 6.62. The van der Waals surface area contributed by atoms with E-state index < -0.39 is 11.7 Å². The molecule has 0 radical (unpaired) electrons. The number of methoxy groups -OCH3 is 2. The summed E-state index contributed by atoms with van der Waals surface area (Å²) in [6, 6.07) is 12.3. The van der Waals surface area contributed by atoms with Gasteiger partial charge >= 0.3 is 6.09 Å². The van der Waals surface area contributed by atoms with Crippen LogP contribution in [0, 0.1) is 0 Å². The van der Waals surface area contributed by atoms with Crippen LogP contribution in [0.5, 0.6) is 11.5 Å². The number of nitrogens with zero attached hydrogens (tertiary/aromatic N) is 1. The number of likely N-dealkylation sites (tertiary alicyclic amines) is 1. The van der Waals surface area contributed by atoms with Crippen molar-refractivity contribution in [3.8, 4) is 22.8 Å². The van der Waals surface area contributed by atoms with Crippen LogP contribution in [0.4, 0.5) is 4.79 Å². The number of carbonyl (C=O) groups is 2. The fraction of sp³-hybridized carbons (Fsp3) is 0.448. The van der Waals surface area contributed by atoms with E-state index in [-0.39, 0.29) is 24.2 Å². The molecule has 1 aromatic heterocycles. The van der Waals surface area contributed by atoms with Crippen LogP contribution in [-0.2, 0) is 9.53 Å². The Morgan fingerprint density at radius 1 is 1.06 bits per heavy atom. The van der Waals surface area contributed by atoms with E-state index in [9.17, 15) is 9.59 Å². The molecule has 1 aliphatic rings. The second kappa shape index (κ2) is 9.88. The highest BCUT2D eigenvalue weighted by molar-refractivity contribution is 5.94. The first-order valence-corrected chi connectivity index (χ1v) is 12.4. The molecule has 1 unspecified atom stereocenters. The van der Waals surface area contributed by atoms with Gasteiger partial charge in [-0.05, 0) is 80.5 Å². The number of aromatic amines is 1. The van der Waals surface area contributed by atoms with Gasteiger partial charge in [0.05, 0.1) is 19.9 Å². The third kappa shape index (κ3) is 5.06. The van der Waals surface area contributed by atoms with Gasteiger partial charge in [-0.3, -0.25) is 4.79 Å². The summed E-state index contributed by atoms with van der Waals surface area (Å²) in [5.41, 5.74) is 4.82. The fourth-order valence-electron chi connectivity index (χ4n) is 4.93. The van der Waals surface area contributed by atoms with Gasteiger partial charge in [-0.25, -0.2) is 9.69 Å². The first-order valence-electron chi connectivity index (χ1n) is 12.4.